The second kappa shape index (κ2) is 15.4. The van der Waals surface area contributed by atoms with Gasteiger partial charge in [-0.2, -0.15) is 25.3 Å². The molecule has 4 atom stereocenters. The van der Waals surface area contributed by atoms with E-state index in [1.807, 2.05) is 0 Å². The second-order valence-electron chi connectivity index (χ2n) is 7.65. The van der Waals surface area contributed by atoms with Gasteiger partial charge in [-0.1, -0.05) is 12.1 Å². The van der Waals surface area contributed by atoms with Crippen LogP contribution in [0.3, 0.4) is 0 Å². The predicted octanol–water partition coefficient (Wildman–Crippen LogP) is -1.21. The number of aliphatic carboxylic acids is 1. The summed E-state index contributed by atoms with van der Waals surface area (Å²) in [6.07, 6.45) is 1.29. The summed E-state index contributed by atoms with van der Waals surface area (Å²) >= 11 is 8.03. The van der Waals surface area contributed by atoms with E-state index in [9.17, 15) is 29.4 Å². The van der Waals surface area contributed by atoms with Gasteiger partial charge in [-0.3, -0.25) is 14.4 Å². The fourth-order valence-corrected chi connectivity index (χ4v) is 3.35. The van der Waals surface area contributed by atoms with Gasteiger partial charge in [-0.05, 0) is 43.5 Å². The van der Waals surface area contributed by atoms with Crippen LogP contribution in [0.5, 0.6) is 5.75 Å². The van der Waals surface area contributed by atoms with Gasteiger partial charge < -0.3 is 37.6 Å². The summed E-state index contributed by atoms with van der Waals surface area (Å²) < 4.78 is 0. The minimum absolute atomic E-state index is 0.0260. The molecular formula is C21H33N5O6S2. The van der Waals surface area contributed by atoms with Crippen LogP contribution in [-0.2, 0) is 25.6 Å². The van der Waals surface area contributed by atoms with Crippen LogP contribution in [0.15, 0.2) is 24.3 Å². The number of carboxylic acid groups (broad SMARTS) is 1. The molecule has 4 unspecified atom stereocenters. The van der Waals surface area contributed by atoms with Crippen LogP contribution in [-0.4, -0.2) is 76.1 Å². The molecule has 1 rings (SSSR count). The normalized spacial score (nSPS) is 14.4. The fraction of sp³-hybridized carbons (Fsp3) is 0.524. The molecule has 0 bridgehead atoms. The molecule has 13 heteroatoms. The predicted molar refractivity (Wildman–Crippen MR) is 134 cm³/mol. The molecule has 0 radical (unpaired) electrons. The SMILES string of the molecule is NCCCCC(NC(=O)C(CS)NC(=O)C(N)CS)C(=O)NC(Cc1ccc(O)cc1)C(=O)O. The Hall–Kier alpha value is -2.48. The second-order valence-corrected chi connectivity index (χ2v) is 8.38. The summed E-state index contributed by atoms with van der Waals surface area (Å²) in [6.45, 7) is 0.387. The largest absolute Gasteiger partial charge is 0.508 e. The van der Waals surface area contributed by atoms with Crippen molar-refractivity contribution in [1.29, 1.82) is 0 Å². The number of nitrogens with two attached hydrogens (primary N) is 2. The number of carboxylic acids is 1. The molecule has 1 aromatic rings. The van der Waals surface area contributed by atoms with E-state index in [2.05, 4.69) is 41.2 Å². The van der Waals surface area contributed by atoms with E-state index in [4.69, 9.17) is 11.5 Å². The van der Waals surface area contributed by atoms with Crippen LogP contribution in [0.4, 0.5) is 0 Å². The number of amides is 3. The zero-order valence-electron chi connectivity index (χ0n) is 18.6. The van der Waals surface area contributed by atoms with Crippen LogP contribution in [0.2, 0.25) is 0 Å². The zero-order valence-corrected chi connectivity index (χ0v) is 20.4. The number of thiol groups is 2. The molecule has 0 heterocycles. The molecule has 1 aromatic carbocycles. The first-order valence-corrected chi connectivity index (χ1v) is 12.0. The molecule has 0 aromatic heterocycles. The average Bonchev–Trinajstić information content (AvgIpc) is 2.81. The number of nitrogens with one attached hydrogen (secondary N) is 3. The number of unbranched alkanes of at least 4 members (excludes halogenated alkanes) is 1. The Morgan fingerprint density at radius 3 is 1.94 bits per heavy atom. The van der Waals surface area contributed by atoms with Gasteiger partial charge in [0.05, 0.1) is 6.04 Å². The Morgan fingerprint density at radius 2 is 1.41 bits per heavy atom. The lowest BCUT2D eigenvalue weighted by Crippen LogP contribution is -2.58. The Morgan fingerprint density at radius 1 is 0.853 bits per heavy atom. The smallest absolute Gasteiger partial charge is 0.326 e. The third kappa shape index (κ3) is 10.2. The van der Waals surface area contributed by atoms with Gasteiger partial charge in [0.1, 0.15) is 23.9 Å². The van der Waals surface area contributed by atoms with Crippen molar-refractivity contribution in [2.75, 3.05) is 18.1 Å². The number of aromatic hydroxyl groups is 1. The number of phenols is 1. The zero-order chi connectivity index (χ0) is 25.7. The van der Waals surface area contributed by atoms with E-state index in [0.717, 1.165) is 0 Å². The van der Waals surface area contributed by atoms with Gasteiger partial charge in [-0.25, -0.2) is 4.79 Å². The Bertz CT molecular complexity index is 826. The molecule has 0 aliphatic heterocycles. The first-order chi connectivity index (χ1) is 16.1. The number of rotatable bonds is 15. The highest BCUT2D eigenvalue weighted by atomic mass is 32.1. The summed E-state index contributed by atoms with van der Waals surface area (Å²) in [5.74, 6) is -3.13. The maximum atomic E-state index is 12.9. The van der Waals surface area contributed by atoms with Crippen molar-refractivity contribution in [3.8, 4) is 5.75 Å². The molecular weight excluding hydrogens is 482 g/mol. The summed E-state index contributed by atoms with van der Waals surface area (Å²) in [4.78, 5) is 49.4. The van der Waals surface area contributed by atoms with Gasteiger partial charge in [0.15, 0.2) is 0 Å². The highest BCUT2D eigenvalue weighted by molar-refractivity contribution is 7.80. The molecule has 0 saturated carbocycles. The van der Waals surface area contributed by atoms with Crippen LogP contribution in [0.1, 0.15) is 24.8 Å². The lowest BCUT2D eigenvalue weighted by Gasteiger charge is -2.24. The number of carbonyl (C=O) groups excluding carboxylic acids is 3. The van der Waals surface area contributed by atoms with Crippen molar-refractivity contribution in [2.45, 2.75) is 49.9 Å². The quantitative estimate of drug-likeness (QED) is 0.102. The van der Waals surface area contributed by atoms with Crippen molar-refractivity contribution >= 4 is 48.9 Å². The number of benzene rings is 1. The standard InChI is InChI=1S/C21H33N5O6S2/c22-8-2-1-3-15(24-20(30)17(11-34)26-18(28)14(23)10-33)19(29)25-16(21(31)32)9-12-4-6-13(27)7-5-12/h4-7,14-17,27,33-34H,1-3,8-11,22-23H2,(H,24,30)(H,25,29)(H,26,28)(H,31,32). The van der Waals surface area contributed by atoms with Crippen LogP contribution >= 0.6 is 25.3 Å². The van der Waals surface area contributed by atoms with Crippen molar-refractivity contribution < 1.29 is 29.4 Å². The monoisotopic (exact) mass is 515 g/mol. The average molecular weight is 516 g/mol. The van der Waals surface area contributed by atoms with E-state index < -0.39 is 47.9 Å². The summed E-state index contributed by atoms with van der Waals surface area (Å²) in [6, 6.07) is 1.63. The van der Waals surface area contributed by atoms with Crippen molar-refractivity contribution in [3.63, 3.8) is 0 Å². The maximum Gasteiger partial charge on any atom is 0.326 e. The Kier molecular flexibility index (Phi) is 13.4. The molecule has 0 spiro atoms. The van der Waals surface area contributed by atoms with Gasteiger partial charge in [0.2, 0.25) is 17.7 Å². The van der Waals surface area contributed by atoms with Crippen LogP contribution in [0.25, 0.3) is 0 Å². The maximum absolute atomic E-state index is 12.9. The summed E-state index contributed by atoms with van der Waals surface area (Å²) in [5, 5.41) is 26.4. The molecule has 0 aliphatic rings. The van der Waals surface area contributed by atoms with Gasteiger partial charge >= 0.3 is 5.97 Å². The van der Waals surface area contributed by atoms with E-state index in [1.165, 1.54) is 12.1 Å². The first kappa shape index (κ1) is 29.6. The molecule has 0 saturated heterocycles. The van der Waals surface area contributed by atoms with Gasteiger partial charge in [-0.15, -0.1) is 0 Å². The van der Waals surface area contributed by atoms with E-state index in [0.29, 0.717) is 24.9 Å². The third-order valence-corrected chi connectivity index (χ3v) is 5.68. The molecule has 11 nitrogen and oxygen atoms in total. The van der Waals surface area contributed by atoms with Crippen LogP contribution in [0, 0.1) is 0 Å². The number of phenolic OH excluding ortho intramolecular Hbond substituents is 1. The molecule has 0 aliphatic carbocycles. The number of carbonyl (C=O) groups is 4. The topological polar surface area (TPSA) is 197 Å². The van der Waals surface area contributed by atoms with E-state index in [1.54, 1.807) is 12.1 Å². The lowest BCUT2D eigenvalue weighted by molar-refractivity contribution is -0.142. The fourth-order valence-electron chi connectivity index (χ4n) is 2.93. The third-order valence-electron chi connectivity index (χ3n) is 4.92. The van der Waals surface area contributed by atoms with E-state index in [-0.39, 0.29) is 30.1 Å². The summed E-state index contributed by atoms with van der Waals surface area (Å²) in [7, 11) is 0. The summed E-state index contributed by atoms with van der Waals surface area (Å²) in [5.41, 5.74) is 11.7. The van der Waals surface area contributed by atoms with Crippen molar-refractivity contribution in [3.05, 3.63) is 29.8 Å². The molecule has 0 fully saturated rings. The van der Waals surface area contributed by atoms with Gasteiger partial charge in [0, 0.05) is 17.9 Å². The highest BCUT2D eigenvalue weighted by Crippen LogP contribution is 2.12. The Labute approximate surface area is 209 Å². The number of hydrogen-bond acceptors (Lipinski definition) is 9. The first-order valence-electron chi connectivity index (χ1n) is 10.7. The molecule has 190 valence electrons. The van der Waals surface area contributed by atoms with Crippen molar-refractivity contribution in [1.82, 2.24) is 16.0 Å². The molecule has 34 heavy (non-hydrogen) atoms. The van der Waals surface area contributed by atoms with E-state index >= 15 is 0 Å². The van der Waals surface area contributed by atoms with Gasteiger partial charge in [0.25, 0.3) is 0 Å². The van der Waals surface area contributed by atoms with Crippen LogP contribution < -0.4 is 27.4 Å². The molecule has 3 amide bonds. The van der Waals surface area contributed by atoms with Crippen molar-refractivity contribution in [2.24, 2.45) is 11.5 Å². The lowest BCUT2D eigenvalue weighted by atomic mass is 10.0. The molecule has 9 N–H and O–H groups in total. The minimum Gasteiger partial charge on any atom is -0.508 e. The highest BCUT2D eigenvalue weighted by Gasteiger charge is 2.29. The Balaban J connectivity index is 2.92. The number of hydrogen-bond donors (Lipinski definition) is 9. The minimum atomic E-state index is -1.26.